The lowest BCUT2D eigenvalue weighted by atomic mass is 10.1. The Hall–Kier alpha value is -2.71. The molecule has 1 N–H and O–H groups in total. The van der Waals surface area contributed by atoms with Gasteiger partial charge >= 0.3 is 0 Å². The van der Waals surface area contributed by atoms with E-state index in [0.717, 1.165) is 16.8 Å². The Labute approximate surface area is 177 Å². The molecule has 152 valence electrons. The molecule has 2 aromatic heterocycles. The van der Waals surface area contributed by atoms with E-state index in [-0.39, 0.29) is 11.5 Å². The fourth-order valence-corrected chi connectivity index (χ4v) is 4.13. The molecule has 0 fully saturated rings. The van der Waals surface area contributed by atoms with Crippen LogP contribution in [0.5, 0.6) is 5.75 Å². The van der Waals surface area contributed by atoms with Gasteiger partial charge in [0, 0.05) is 18.1 Å². The molecule has 0 aliphatic heterocycles. The van der Waals surface area contributed by atoms with Crippen LogP contribution < -0.4 is 15.6 Å². The number of carbonyl (C=O) groups excluding carboxylic acids is 1. The van der Waals surface area contributed by atoms with Crippen molar-refractivity contribution in [1.29, 1.82) is 0 Å². The number of nitrogens with one attached hydrogen (secondary N) is 1. The fraction of sp³-hybridized carbons (Fsp3) is 0.300. The zero-order chi connectivity index (χ0) is 21.5. The fourth-order valence-electron chi connectivity index (χ4n) is 2.92. The van der Waals surface area contributed by atoms with Gasteiger partial charge in [0.25, 0.3) is 11.5 Å². The van der Waals surface area contributed by atoms with Crippen molar-refractivity contribution in [3.8, 4) is 16.3 Å². The van der Waals surface area contributed by atoms with Crippen molar-refractivity contribution in [2.45, 2.75) is 27.7 Å². The molecular weight excluding hydrogens is 412 g/mol. The molecule has 0 bridgehead atoms. The number of ether oxygens (including phenoxy) is 1. The Kier molecular flexibility index (Phi) is 5.77. The number of carbonyl (C=O) groups is 1. The first-order valence-corrected chi connectivity index (χ1v) is 10.0. The summed E-state index contributed by atoms with van der Waals surface area (Å²) in [6, 6.07) is 3.41. The maximum atomic E-state index is 12.9. The molecular formula is C20H21ClN4O3S. The summed E-state index contributed by atoms with van der Waals surface area (Å²) in [4.78, 5) is 30.4. The number of nitrogens with zero attached hydrogens (tertiary/aromatic N) is 3. The number of thiazole rings is 1. The minimum atomic E-state index is -0.327. The molecule has 0 radical (unpaired) electrons. The van der Waals surface area contributed by atoms with Gasteiger partial charge in [0.05, 0.1) is 29.7 Å². The van der Waals surface area contributed by atoms with Crippen LogP contribution in [0.4, 0.5) is 5.69 Å². The minimum Gasteiger partial charge on any atom is -0.495 e. The van der Waals surface area contributed by atoms with Crippen LogP contribution in [0.3, 0.4) is 0 Å². The van der Waals surface area contributed by atoms with Crippen LogP contribution in [-0.4, -0.2) is 27.8 Å². The molecule has 1 aromatic carbocycles. The van der Waals surface area contributed by atoms with Crippen LogP contribution in [0.2, 0.25) is 5.02 Å². The molecule has 0 saturated heterocycles. The third-order valence-electron chi connectivity index (χ3n) is 4.67. The predicted octanol–water partition coefficient (Wildman–Crippen LogP) is 4.05. The molecule has 3 aromatic rings. The average molecular weight is 433 g/mol. The van der Waals surface area contributed by atoms with Crippen molar-refractivity contribution in [2.75, 3.05) is 12.4 Å². The normalized spacial score (nSPS) is 10.9. The number of amides is 1. The van der Waals surface area contributed by atoms with Crippen molar-refractivity contribution in [3.63, 3.8) is 0 Å². The number of benzene rings is 1. The van der Waals surface area contributed by atoms with E-state index < -0.39 is 0 Å². The molecule has 0 unspecified atom stereocenters. The second-order valence-electron chi connectivity index (χ2n) is 6.70. The first-order chi connectivity index (χ1) is 13.6. The summed E-state index contributed by atoms with van der Waals surface area (Å²) in [5.41, 5.74) is 3.58. The molecule has 0 spiro atoms. The standard InChI is InChI=1S/C20H21ClN4O3S/c1-9-7-14(15(28-6)8-13(9)21)23-18(26)17-12(4)22-19(29-17)16-10(2)11(3)24-25(5)20(16)27/h7-8H,1-6H3,(H,23,26). The highest BCUT2D eigenvalue weighted by atomic mass is 35.5. The summed E-state index contributed by atoms with van der Waals surface area (Å²) < 4.78 is 6.61. The summed E-state index contributed by atoms with van der Waals surface area (Å²) in [5.74, 6) is 0.136. The maximum Gasteiger partial charge on any atom is 0.277 e. The summed E-state index contributed by atoms with van der Waals surface area (Å²) in [5, 5.41) is 8.09. The van der Waals surface area contributed by atoms with Gasteiger partial charge in [-0.15, -0.1) is 11.3 Å². The predicted molar refractivity (Wildman–Crippen MR) is 115 cm³/mol. The van der Waals surface area contributed by atoms with Gasteiger partial charge in [-0.3, -0.25) is 9.59 Å². The molecule has 0 aliphatic carbocycles. The lowest BCUT2D eigenvalue weighted by Crippen LogP contribution is -2.23. The van der Waals surface area contributed by atoms with Crippen molar-refractivity contribution >= 4 is 34.5 Å². The van der Waals surface area contributed by atoms with E-state index in [4.69, 9.17) is 16.3 Å². The second kappa shape index (κ2) is 7.96. The van der Waals surface area contributed by atoms with Gasteiger partial charge in [-0.2, -0.15) is 5.10 Å². The van der Waals surface area contributed by atoms with Gasteiger partial charge < -0.3 is 10.1 Å². The quantitative estimate of drug-likeness (QED) is 0.672. The molecule has 2 heterocycles. The topological polar surface area (TPSA) is 86.1 Å². The van der Waals surface area contributed by atoms with Crippen molar-refractivity contribution in [1.82, 2.24) is 14.8 Å². The van der Waals surface area contributed by atoms with E-state index in [1.165, 1.54) is 23.1 Å². The largest absolute Gasteiger partial charge is 0.495 e. The summed E-state index contributed by atoms with van der Waals surface area (Å²) in [6.07, 6.45) is 0. The number of anilines is 1. The number of aromatic nitrogens is 3. The number of methoxy groups -OCH3 is 1. The van der Waals surface area contributed by atoms with E-state index in [1.54, 1.807) is 26.1 Å². The van der Waals surface area contributed by atoms with Crippen molar-refractivity contribution in [3.05, 3.63) is 54.9 Å². The summed E-state index contributed by atoms with van der Waals surface area (Å²) in [7, 11) is 3.11. The van der Waals surface area contributed by atoms with Gasteiger partial charge in [0.1, 0.15) is 15.6 Å². The Morgan fingerprint density at radius 2 is 1.90 bits per heavy atom. The smallest absolute Gasteiger partial charge is 0.277 e. The minimum absolute atomic E-state index is 0.246. The number of aryl methyl sites for hydroxylation is 4. The van der Waals surface area contributed by atoms with Gasteiger partial charge in [-0.05, 0) is 44.9 Å². The highest BCUT2D eigenvalue weighted by molar-refractivity contribution is 7.17. The first-order valence-electron chi connectivity index (χ1n) is 8.81. The highest BCUT2D eigenvalue weighted by Gasteiger charge is 2.22. The van der Waals surface area contributed by atoms with E-state index in [2.05, 4.69) is 15.4 Å². The van der Waals surface area contributed by atoms with E-state index in [1.807, 2.05) is 20.8 Å². The second-order valence-corrected chi connectivity index (χ2v) is 8.11. The zero-order valence-corrected chi connectivity index (χ0v) is 18.6. The third-order valence-corrected chi connectivity index (χ3v) is 6.25. The number of hydrogen-bond acceptors (Lipinski definition) is 6. The van der Waals surface area contributed by atoms with E-state index >= 15 is 0 Å². The number of hydrogen-bond donors (Lipinski definition) is 1. The Bertz CT molecular complexity index is 1180. The maximum absolute atomic E-state index is 12.9. The van der Waals surface area contributed by atoms with Crippen LogP contribution in [-0.2, 0) is 7.05 Å². The van der Waals surface area contributed by atoms with Crippen molar-refractivity contribution < 1.29 is 9.53 Å². The SMILES string of the molecule is COc1cc(Cl)c(C)cc1NC(=O)c1sc(-c2c(C)c(C)nn(C)c2=O)nc1C. The molecule has 7 nitrogen and oxygen atoms in total. The molecule has 3 rings (SSSR count). The van der Waals surface area contributed by atoms with E-state index in [0.29, 0.717) is 37.6 Å². The lowest BCUT2D eigenvalue weighted by molar-refractivity contribution is 0.102. The molecule has 0 saturated carbocycles. The lowest BCUT2D eigenvalue weighted by Gasteiger charge is -2.11. The van der Waals surface area contributed by atoms with Crippen LogP contribution >= 0.6 is 22.9 Å². The average Bonchev–Trinajstić information content (AvgIpc) is 3.04. The molecule has 0 aliphatic rings. The van der Waals surface area contributed by atoms with Crippen LogP contribution in [0.25, 0.3) is 10.6 Å². The third kappa shape index (κ3) is 3.90. The van der Waals surface area contributed by atoms with E-state index in [9.17, 15) is 9.59 Å². The van der Waals surface area contributed by atoms with Crippen LogP contribution in [0.15, 0.2) is 16.9 Å². The molecule has 1 amide bonds. The van der Waals surface area contributed by atoms with Crippen molar-refractivity contribution in [2.24, 2.45) is 7.05 Å². The molecule has 29 heavy (non-hydrogen) atoms. The Balaban J connectivity index is 2.02. The summed E-state index contributed by atoms with van der Waals surface area (Å²) in [6.45, 7) is 7.25. The number of rotatable bonds is 4. The Morgan fingerprint density at radius 3 is 2.55 bits per heavy atom. The van der Waals surface area contributed by atoms with Gasteiger partial charge in [0.2, 0.25) is 0 Å². The monoisotopic (exact) mass is 432 g/mol. The van der Waals surface area contributed by atoms with Crippen LogP contribution in [0, 0.1) is 27.7 Å². The van der Waals surface area contributed by atoms with Gasteiger partial charge in [0.15, 0.2) is 0 Å². The Morgan fingerprint density at radius 1 is 1.21 bits per heavy atom. The highest BCUT2D eigenvalue weighted by Crippen LogP contribution is 2.33. The summed E-state index contributed by atoms with van der Waals surface area (Å²) >= 11 is 7.31. The number of halogens is 1. The van der Waals surface area contributed by atoms with Gasteiger partial charge in [-0.25, -0.2) is 9.67 Å². The molecule has 9 heteroatoms. The molecule has 0 atom stereocenters. The van der Waals surface area contributed by atoms with Gasteiger partial charge in [-0.1, -0.05) is 11.6 Å². The zero-order valence-electron chi connectivity index (χ0n) is 17.0. The first kappa shape index (κ1) is 21.0. The van der Waals surface area contributed by atoms with Crippen LogP contribution in [0.1, 0.15) is 32.2 Å².